The lowest BCUT2D eigenvalue weighted by Gasteiger charge is -2.33. The van der Waals surface area contributed by atoms with Crippen LogP contribution in [0.3, 0.4) is 0 Å². The Morgan fingerprint density at radius 3 is 2.50 bits per heavy atom. The summed E-state index contributed by atoms with van der Waals surface area (Å²) < 4.78 is 21.7. The maximum Gasteiger partial charge on any atom is 0.205 e. The molecule has 0 radical (unpaired) electrons. The molecule has 3 N–H and O–H groups in total. The largest absolute Gasteiger partial charge is 0.502 e. The highest BCUT2D eigenvalue weighted by molar-refractivity contribution is 6.00. The number of hydrogen-bond acceptors (Lipinski definition) is 8. The van der Waals surface area contributed by atoms with Gasteiger partial charge in [-0.2, -0.15) is 5.26 Å². The normalized spacial score (nSPS) is 21.0. The van der Waals surface area contributed by atoms with Crippen molar-refractivity contribution < 1.29 is 28.5 Å². The zero-order chi connectivity index (χ0) is 21.4. The van der Waals surface area contributed by atoms with Gasteiger partial charge >= 0.3 is 0 Å². The fourth-order valence-corrected chi connectivity index (χ4v) is 4.05. The number of furan rings is 1. The second-order valence-corrected chi connectivity index (χ2v) is 7.08. The number of allylic oxidation sites excluding steroid dienone is 3. The maximum absolute atomic E-state index is 13.2. The van der Waals surface area contributed by atoms with Gasteiger partial charge in [0.1, 0.15) is 23.2 Å². The first-order valence-corrected chi connectivity index (χ1v) is 9.30. The number of hydrogen-bond donors (Lipinski definition) is 2. The van der Waals surface area contributed by atoms with Gasteiger partial charge in [-0.05, 0) is 29.8 Å². The molecular weight excluding hydrogens is 388 g/mol. The first kappa shape index (κ1) is 19.5. The molecule has 0 fully saturated rings. The van der Waals surface area contributed by atoms with Gasteiger partial charge in [-0.15, -0.1) is 0 Å². The van der Waals surface area contributed by atoms with E-state index in [1.54, 1.807) is 24.5 Å². The van der Waals surface area contributed by atoms with E-state index in [1.807, 2.05) is 6.07 Å². The predicted molar refractivity (Wildman–Crippen MR) is 105 cm³/mol. The molecule has 2 aromatic rings. The number of phenolic OH excluding ortho intramolecular Hbond substituents is 1. The molecule has 154 valence electrons. The van der Waals surface area contributed by atoms with Crippen LogP contribution in [0.1, 0.15) is 36.0 Å². The monoisotopic (exact) mass is 408 g/mol. The van der Waals surface area contributed by atoms with E-state index in [2.05, 4.69) is 6.07 Å². The molecule has 2 heterocycles. The molecule has 8 heteroatoms. The van der Waals surface area contributed by atoms with Crippen LogP contribution in [0.4, 0.5) is 0 Å². The Morgan fingerprint density at radius 1 is 1.23 bits per heavy atom. The van der Waals surface area contributed by atoms with Crippen LogP contribution in [-0.2, 0) is 9.53 Å². The third kappa shape index (κ3) is 3.05. The smallest absolute Gasteiger partial charge is 0.205 e. The summed E-state index contributed by atoms with van der Waals surface area (Å²) in [5.74, 6) is 0.106. The Hall–Kier alpha value is -3.86. The number of nitrogens with zero attached hydrogens (tertiary/aromatic N) is 1. The van der Waals surface area contributed by atoms with Gasteiger partial charge in [-0.25, -0.2) is 0 Å². The summed E-state index contributed by atoms with van der Waals surface area (Å²) in [7, 11) is 2.81. The number of phenols is 1. The van der Waals surface area contributed by atoms with Crippen molar-refractivity contribution in [2.24, 2.45) is 5.73 Å². The van der Waals surface area contributed by atoms with Gasteiger partial charge in [-0.1, -0.05) is 0 Å². The van der Waals surface area contributed by atoms with Gasteiger partial charge in [-0.3, -0.25) is 4.79 Å². The first-order valence-electron chi connectivity index (χ1n) is 9.30. The van der Waals surface area contributed by atoms with Crippen LogP contribution in [0.25, 0.3) is 0 Å². The number of benzene rings is 1. The molecule has 4 rings (SSSR count). The van der Waals surface area contributed by atoms with Crippen molar-refractivity contribution in [3.8, 4) is 23.3 Å². The zero-order valence-electron chi connectivity index (χ0n) is 16.5. The Kier molecular flexibility index (Phi) is 4.88. The number of nitrogens with two attached hydrogens (primary N) is 1. The van der Waals surface area contributed by atoms with Gasteiger partial charge in [0.15, 0.2) is 17.3 Å². The second kappa shape index (κ2) is 7.52. The fourth-order valence-electron chi connectivity index (χ4n) is 4.05. The van der Waals surface area contributed by atoms with Crippen molar-refractivity contribution in [1.82, 2.24) is 0 Å². The number of Topliss-reactive ketones (excluding diaryl/α,β-unsaturated/α-hetero) is 1. The van der Waals surface area contributed by atoms with Gasteiger partial charge in [0.2, 0.25) is 11.6 Å². The molecular formula is C22H20N2O6. The molecule has 0 saturated heterocycles. The highest BCUT2D eigenvalue weighted by Crippen LogP contribution is 2.49. The minimum atomic E-state index is -0.757. The van der Waals surface area contributed by atoms with Crippen LogP contribution in [0.5, 0.6) is 17.2 Å². The van der Waals surface area contributed by atoms with Crippen LogP contribution < -0.4 is 15.2 Å². The number of methoxy groups -OCH3 is 2. The van der Waals surface area contributed by atoms with E-state index in [4.69, 9.17) is 24.4 Å². The molecule has 0 unspecified atom stereocenters. The van der Waals surface area contributed by atoms with Crippen LogP contribution in [0.2, 0.25) is 0 Å². The molecule has 0 amide bonds. The summed E-state index contributed by atoms with van der Waals surface area (Å²) in [6.07, 6.45) is 2.19. The van der Waals surface area contributed by atoms with Gasteiger partial charge in [0, 0.05) is 24.3 Å². The highest BCUT2D eigenvalue weighted by atomic mass is 16.5. The standard InChI is InChI=1S/C22H20N2O6/c1-27-17-8-12(9-18(28-2)21(17)26)19-13(10-23)22(24)30-16-7-11(6-14(25)20(16)19)15-4-3-5-29-15/h3-5,8-9,11,19,26H,6-7,24H2,1-2H3/t11-,19+/m0/s1. The number of ketones is 1. The minimum absolute atomic E-state index is 0.0554. The van der Waals surface area contributed by atoms with E-state index in [1.165, 1.54) is 14.2 Å². The molecule has 8 nitrogen and oxygen atoms in total. The van der Waals surface area contributed by atoms with Crippen LogP contribution in [0.15, 0.2) is 57.7 Å². The number of rotatable bonds is 4. The van der Waals surface area contributed by atoms with Crippen LogP contribution in [-0.4, -0.2) is 25.1 Å². The molecule has 0 spiro atoms. The molecule has 2 atom stereocenters. The summed E-state index contributed by atoms with van der Waals surface area (Å²) in [4.78, 5) is 13.2. The number of nitriles is 1. The van der Waals surface area contributed by atoms with E-state index >= 15 is 0 Å². The van der Waals surface area contributed by atoms with Gasteiger partial charge < -0.3 is 29.5 Å². The fraction of sp³-hybridized carbons (Fsp3) is 0.273. The second-order valence-electron chi connectivity index (χ2n) is 7.08. The van der Waals surface area contributed by atoms with Crippen molar-refractivity contribution in [2.45, 2.75) is 24.7 Å². The Balaban J connectivity index is 1.86. The van der Waals surface area contributed by atoms with E-state index in [0.29, 0.717) is 29.1 Å². The molecule has 1 aliphatic carbocycles. The molecule has 0 saturated carbocycles. The van der Waals surface area contributed by atoms with E-state index in [0.717, 1.165) is 0 Å². The quantitative estimate of drug-likeness (QED) is 0.789. The lowest BCUT2D eigenvalue weighted by molar-refractivity contribution is -0.117. The van der Waals surface area contributed by atoms with Crippen LogP contribution >= 0.6 is 0 Å². The third-order valence-corrected chi connectivity index (χ3v) is 5.44. The lowest BCUT2D eigenvalue weighted by atomic mass is 9.74. The molecule has 1 aliphatic heterocycles. The Morgan fingerprint density at radius 2 is 1.93 bits per heavy atom. The summed E-state index contributed by atoms with van der Waals surface area (Å²) in [5.41, 5.74) is 7.08. The number of carbonyl (C=O) groups is 1. The van der Waals surface area contributed by atoms with E-state index < -0.39 is 5.92 Å². The number of carbonyl (C=O) groups excluding carboxylic acids is 1. The third-order valence-electron chi connectivity index (χ3n) is 5.44. The van der Waals surface area contributed by atoms with E-state index in [-0.39, 0.29) is 46.8 Å². The van der Waals surface area contributed by atoms with Gasteiger partial charge in [0.05, 0.1) is 26.4 Å². The SMILES string of the molecule is COc1cc([C@@H]2C(C#N)=C(N)OC3=C2C(=O)C[C@H](c2ccco2)C3)cc(OC)c1O. The average Bonchev–Trinajstić information content (AvgIpc) is 3.28. The number of ether oxygens (including phenoxy) is 3. The van der Waals surface area contributed by atoms with Crippen molar-refractivity contribution in [2.75, 3.05) is 14.2 Å². The summed E-state index contributed by atoms with van der Waals surface area (Å²) >= 11 is 0. The summed E-state index contributed by atoms with van der Waals surface area (Å²) in [6, 6.07) is 8.78. The van der Waals surface area contributed by atoms with Crippen molar-refractivity contribution in [3.63, 3.8) is 0 Å². The topological polar surface area (TPSA) is 128 Å². The van der Waals surface area contributed by atoms with Crippen molar-refractivity contribution in [1.29, 1.82) is 5.26 Å². The predicted octanol–water partition coefficient (Wildman–Crippen LogP) is 3.21. The molecule has 0 bridgehead atoms. The average molecular weight is 408 g/mol. The zero-order valence-corrected chi connectivity index (χ0v) is 16.5. The summed E-state index contributed by atoms with van der Waals surface area (Å²) in [5, 5.41) is 20.0. The molecule has 30 heavy (non-hydrogen) atoms. The molecule has 1 aromatic heterocycles. The molecule has 2 aliphatic rings. The Labute approximate surface area is 172 Å². The number of aromatic hydroxyl groups is 1. The summed E-state index contributed by atoms with van der Waals surface area (Å²) in [6.45, 7) is 0. The lowest BCUT2D eigenvalue weighted by Crippen LogP contribution is -2.29. The van der Waals surface area contributed by atoms with Crippen LogP contribution in [0, 0.1) is 11.3 Å². The Bertz CT molecular complexity index is 1080. The highest BCUT2D eigenvalue weighted by Gasteiger charge is 2.42. The minimum Gasteiger partial charge on any atom is -0.502 e. The van der Waals surface area contributed by atoms with Crippen molar-refractivity contribution in [3.05, 3.63) is 64.6 Å². The van der Waals surface area contributed by atoms with Crippen molar-refractivity contribution >= 4 is 5.78 Å². The van der Waals surface area contributed by atoms with E-state index in [9.17, 15) is 15.2 Å². The first-order chi connectivity index (χ1) is 14.5. The maximum atomic E-state index is 13.2. The molecule has 1 aromatic carbocycles. The van der Waals surface area contributed by atoms with Gasteiger partial charge in [0.25, 0.3) is 0 Å².